The third-order valence-electron chi connectivity index (χ3n) is 1.58. The van der Waals surface area contributed by atoms with E-state index in [-0.39, 0.29) is 0 Å². The Hall–Kier alpha value is 1.12. The van der Waals surface area contributed by atoms with Crippen LogP contribution in [0.5, 0.6) is 0 Å². The topological polar surface area (TPSA) is 0 Å². The Morgan fingerprint density at radius 3 is 2.50 bits per heavy atom. The molecule has 0 aliphatic carbocycles. The zero-order valence-corrected chi connectivity index (χ0v) is 12.5. The molecule has 2 rings (SSSR count). The fraction of sp³-hybridized carbons (Fsp3) is 0. The van der Waals surface area contributed by atoms with Crippen molar-refractivity contribution < 1.29 is 0 Å². The Balaban J connectivity index is 2.98. The summed E-state index contributed by atoms with van der Waals surface area (Å²) in [5.41, 5.74) is 0. The molecule has 0 bridgehead atoms. The van der Waals surface area contributed by atoms with Gasteiger partial charge in [0.2, 0.25) is 0 Å². The van der Waals surface area contributed by atoms with Gasteiger partial charge in [0.15, 0.2) is 0 Å². The molecule has 0 aliphatic heterocycles. The quantitative estimate of drug-likeness (QED) is 0.488. The average Bonchev–Trinajstić information content (AvgIpc) is 2.42. The van der Waals surface area contributed by atoms with Gasteiger partial charge in [0.25, 0.3) is 0 Å². The number of hydrogen-bond acceptors (Lipinski definition) is 1. The minimum Gasteiger partial charge on any atom is -0.141 e. The SMILES string of the molecule is Brc1csc2c(I)ccc(I)c12. The highest BCUT2D eigenvalue weighted by atomic mass is 127. The molecule has 0 saturated heterocycles. The van der Waals surface area contributed by atoms with E-state index in [1.165, 1.54) is 21.7 Å². The van der Waals surface area contributed by atoms with E-state index in [1.54, 1.807) is 11.3 Å². The summed E-state index contributed by atoms with van der Waals surface area (Å²) in [5.74, 6) is 0. The molecule has 0 saturated carbocycles. The van der Waals surface area contributed by atoms with Crippen molar-refractivity contribution in [2.75, 3.05) is 0 Å². The second-order valence-electron chi connectivity index (χ2n) is 2.32. The van der Waals surface area contributed by atoms with E-state index in [4.69, 9.17) is 0 Å². The summed E-state index contributed by atoms with van der Waals surface area (Å²) >= 11 is 10.1. The monoisotopic (exact) mass is 464 g/mol. The van der Waals surface area contributed by atoms with Gasteiger partial charge in [-0.25, -0.2) is 0 Å². The van der Waals surface area contributed by atoms with Crippen LogP contribution in [0.2, 0.25) is 0 Å². The third-order valence-corrected chi connectivity index (χ3v) is 5.68. The van der Waals surface area contributed by atoms with E-state index in [0.717, 1.165) is 0 Å². The van der Waals surface area contributed by atoms with Crippen molar-refractivity contribution in [3.63, 3.8) is 0 Å². The molecule has 0 amide bonds. The van der Waals surface area contributed by atoms with Gasteiger partial charge in [-0.2, -0.15) is 0 Å². The Morgan fingerprint density at radius 1 is 1.17 bits per heavy atom. The van der Waals surface area contributed by atoms with Crippen LogP contribution in [0.4, 0.5) is 0 Å². The normalized spacial score (nSPS) is 10.9. The summed E-state index contributed by atoms with van der Waals surface area (Å²) < 4.78 is 5.25. The molecule has 0 spiro atoms. The fourth-order valence-corrected chi connectivity index (χ4v) is 4.85. The summed E-state index contributed by atoms with van der Waals surface area (Å²) in [6, 6.07) is 4.32. The van der Waals surface area contributed by atoms with Crippen molar-refractivity contribution in [2.24, 2.45) is 0 Å². The Morgan fingerprint density at radius 2 is 1.83 bits per heavy atom. The molecule has 2 aromatic rings. The lowest BCUT2D eigenvalue weighted by Gasteiger charge is -1.96. The molecule has 12 heavy (non-hydrogen) atoms. The van der Waals surface area contributed by atoms with Gasteiger partial charge in [-0.05, 0) is 73.2 Å². The van der Waals surface area contributed by atoms with Crippen LogP contribution in [-0.4, -0.2) is 0 Å². The van der Waals surface area contributed by atoms with Gasteiger partial charge in [0.1, 0.15) is 0 Å². The first-order valence-electron chi connectivity index (χ1n) is 3.21. The van der Waals surface area contributed by atoms with Crippen molar-refractivity contribution in [3.05, 3.63) is 29.1 Å². The molecule has 1 heterocycles. The number of halogens is 3. The molecule has 1 aromatic heterocycles. The van der Waals surface area contributed by atoms with Crippen molar-refractivity contribution >= 4 is 82.5 Å². The maximum Gasteiger partial charge on any atom is 0.0498 e. The standard InChI is InChI=1S/C8H3BrI2S/c9-4-3-12-8-6(11)2-1-5(10)7(4)8/h1-3H. The lowest BCUT2D eigenvalue weighted by Crippen LogP contribution is -1.75. The summed E-state index contributed by atoms with van der Waals surface area (Å²) in [5, 5.41) is 3.50. The average molecular weight is 465 g/mol. The van der Waals surface area contributed by atoms with Crippen molar-refractivity contribution in [1.82, 2.24) is 0 Å². The highest BCUT2D eigenvalue weighted by Crippen LogP contribution is 2.36. The predicted molar refractivity (Wildman–Crippen MR) is 75.0 cm³/mol. The first-order chi connectivity index (χ1) is 5.70. The Kier molecular flexibility index (Phi) is 2.98. The molecular weight excluding hydrogens is 462 g/mol. The van der Waals surface area contributed by atoms with E-state index in [0.29, 0.717) is 0 Å². The summed E-state index contributed by atoms with van der Waals surface area (Å²) in [6.07, 6.45) is 0. The molecular formula is C8H3BrI2S. The summed E-state index contributed by atoms with van der Waals surface area (Å²) in [6.45, 7) is 0. The van der Waals surface area contributed by atoms with Gasteiger partial charge in [0.05, 0.1) is 0 Å². The van der Waals surface area contributed by atoms with Crippen LogP contribution in [0.25, 0.3) is 10.1 Å². The number of hydrogen-bond donors (Lipinski definition) is 0. The van der Waals surface area contributed by atoms with Crippen LogP contribution in [-0.2, 0) is 0 Å². The van der Waals surface area contributed by atoms with Crippen LogP contribution in [0, 0.1) is 7.14 Å². The molecule has 0 nitrogen and oxygen atoms in total. The zero-order chi connectivity index (χ0) is 8.72. The molecule has 0 aliphatic rings. The second-order valence-corrected chi connectivity index (χ2v) is 6.38. The van der Waals surface area contributed by atoms with Crippen LogP contribution in [0.3, 0.4) is 0 Å². The Labute approximate surface area is 110 Å². The molecule has 0 atom stereocenters. The highest BCUT2D eigenvalue weighted by molar-refractivity contribution is 14.1. The highest BCUT2D eigenvalue weighted by Gasteiger charge is 2.07. The van der Waals surface area contributed by atoms with E-state index in [9.17, 15) is 0 Å². The molecule has 0 fully saturated rings. The minimum atomic E-state index is 1.21. The lowest BCUT2D eigenvalue weighted by atomic mass is 10.3. The largest absolute Gasteiger partial charge is 0.141 e. The van der Waals surface area contributed by atoms with Gasteiger partial charge in [0, 0.05) is 27.1 Å². The Bertz CT molecular complexity index is 436. The minimum absolute atomic E-state index is 1.21. The van der Waals surface area contributed by atoms with Gasteiger partial charge in [-0.15, -0.1) is 11.3 Å². The predicted octanol–water partition coefficient (Wildman–Crippen LogP) is 4.87. The van der Waals surface area contributed by atoms with Crippen LogP contribution in [0.15, 0.2) is 22.0 Å². The van der Waals surface area contributed by atoms with Crippen molar-refractivity contribution in [3.8, 4) is 0 Å². The van der Waals surface area contributed by atoms with Crippen LogP contribution in [0.1, 0.15) is 0 Å². The zero-order valence-electron chi connectivity index (χ0n) is 5.77. The summed E-state index contributed by atoms with van der Waals surface area (Å²) in [4.78, 5) is 0. The number of fused-ring (bicyclic) bond motifs is 1. The van der Waals surface area contributed by atoms with Gasteiger partial charge in [-0.1, -0.05) is 0 Å². The molecule has 0 N–H and O–H groups in total. The molecule has 4 heteroatoms. The lowest BCUT2D eigenvalue weighted by molar-refractivity contribution is 1.72. The number of benzene rings is 1. The smallest absolute Gasteiger partial charge is 0.0498 e. The van der Waals surface area contributed by atoms with Gasteiger partial charge >= 0.3 is 0 Å². The van der Waals surface area contributed by atoms with Crippen molar-refractivity contribution in [2.45, 2.75) is 0 Å². The van der Waals surface area contributed by atoms with Crippen LogP contribution < -0.4 is 0 Å². The summed E-state index contributed by atoms with van der Waals surface area (Å²) in [7, 11) is 0. The van der Waals surface area contributed by atoms with E-state index in [1.807, 2.05) is 0 Å². The van der Waals surface area contributed by atoms with Gasteiger partial charge < -0.3 is 0 Å². The number of rotatable bonds is 0. The second kappa shape index (κ2) is 3.70. The first kappa shape index (κ1) is 9.67. The third kappa shape index (κ3) is 1.55. The maximum atomic E-state index is 3.55. The van der Waals surface area contributed by atoms with Crippen molar-refractivity contribution in [1.29, 1.82) is 0 Å². The maximum absolute atomic E-state index is 3.55. The number of thiophene rings is 1. The molecule has 62 valence electrons. The van der Waals surface area contributed by atoms with Crippen LogP contribution >= 0.6 is 72.4 Å². The molecule has 0 unspecified atom stereocenters. The first-order valence-corrected chi connectivity index (χ1v) is 7.04. The van der Waals surface area contributed by atoms with E-state index in [2.05, 4.69) is 78.6 Å². The molecule has 0 radical (unpaired) electrons. The van der Waals surface area contributed by atoms with E-state index < -0.39 is 0 Å². The fourth-order valence-electron chi connectivity index (χ4n) is 1.04. The molecule has 1 aromatic carbocycles. The van der Waals surface area contributed by atoms with Gasteiger partial charge in [-0.3, -0.25) is 0 Å². The van der Waals surface area contributed by atoms with E-state index >= 15 is 0 Å².